The van der Waals surface area contributed by atoms with Gasteiger partial charge < -0.3 is 15.5 Å². The third-order valence-corrected chi connectivity index (χ3v) is 4.78. The SMILES string of the molecule is C[C@H]1C[C@@H](C(=O)N2CCC(Nc3ccc([N+](=O)[O-])cn3)C2)CCN1.Cl. The van der Waals surface area contributed by atoms with Gasteiger partial charge in [0.15, 0.2) is 0 Å². The maximum atomic E-state index is 12.6. The molecule has 0 aromatic carbocycles. The smallest absolute Gasteiger partial charge is 0.287 e. The van der Waals surface area contributed by atoms with E-state index in [1.165, 1.54) is 12.3 Å². The van der Waals surface area contributed by atoms with Crippen molar-refractivity contribution in [3.8, 4) is 0 Å². The van der Waals surface area contributed by atoms with Gasteiger partial charge in [-0.25, -0.2) is 4.98 Å². The van der Waals surface area contributed by atoms with E-state index in [1.54, 1.807) is 6.07 Å². The third kappa shape index (κ3) is 4.79. The van der Waals surface area contributed by atoms with Crippen LogP contribution >= 0.6 is 12.4 Å². The largest absolute Gasteiger partial charge is 0.365 e. The number of nitrogens with one attached hydrogen (secondary N) is 2. The van der Waals surface area contributed by atoms with Crippen LogP contribution in [0.2, 0.25) is 0 Å². The lowest BCUT2D eigenvalue weighted by molar-refractivity contribution is -0.385. The first-order valence-corrected chi connectivity index (χ1v) is 8.42. The van der Waals surface area contributed by atoms with Gasteiger partial charge in [0.25, 0.3) is 5.69 Å². The molecule has 0 spiro atoms. The molecule has 9 heteroatoms. The van der Waals surface area contributed by atoms with Crippen LogP contribution in [0.3, 0.4) is 0 Å². The Hall–Kier alpha value is -1.93. The van der Waals surface area contributed by atoms with Gasteiger partial charge >= 0.3 is 0 Å². The van der Waals surface area contributed by atoms with Crippen LogP contribution in [-0.2, 0) is 4.79 Å². The number of likely N-dealkylation sites (tertiary alicyclic amines) is 1. The molecule has 8 nitrogen and oxygen atoms in total. The summed E-state index contributed by atoms with van der Waals surface area (Å²) < 4.78 is 0. The number of amides is 1. The number of hydrogen-bond donors (Lipinski definition) is 2. The molecule has 2 fully saturated rings. The Labute approximate surface area is 152 Å². The van der Waals surface area contributed by atoms with Gasteiger partial charge in [-0.3, -0.25) is 14.9 Å². The number of aromatic nitrogens is 1. The topological polar surface area (TPSA) is 100 Å². The van der Waals surface area contributed by atoms with Gasteiger partial charge in [-0.2, -0.15) is 0 Å². The molecule has 3 rings (SSSR count). The molecule has 1 aromatic rings. The summed E-state index contributed by atoms with van der Waals surface area (Å²) in [6.45, 7) is 4.44. The molecule has 0 saturated carbocycles. The third-order valence-electron chi connectivity index (χ3n) is 4.78. The number of piperidine rings is 1. The average Bonchev–Trinajstić information content (AvgIpc) is 3.03. The van der Waals surface area contributed by atoms with Crippen molar-refractivity contribution in [1.82, 2.24) is 15.2 Å². The second kappa shape index (κ2) is 8.44. The Morgan fingerprint density at radius 1 is 1.44 bits per heavy atom. The van der Waals surface area contributed by atoms with Crippen molar-refractivity contribution in [3.63, 3.8) is 0 Å². The molecule has 0 radical (unpaired) electrons. The second-order valence-electron chi connectivity index (χ2n) is 6.65. The van der Waals surface area contributed by atoms with Crippen LogP contribution in [0.15, 0.2) is 18.3 Å². The van der Waals surface area contributed by atoms with Crippen molar-refractivity contribution in [2.75, 3.05) is 25.0 Å². The summed E-state index contributed by atoms with van der Waals surface area (Å²) >= 11 is 0. The number of rotatable bonds is 4. The van der Waals surface area contributed by atoms with E-state index < -0.39 is 4.92 Å². The minimum Gasteiger partial charge on any atom is -0.365 e. The molecule has 138 valence electrons. The highest BCUT2D eigenvalue weighted by Crippen LogP contribution is 2.23. The number of pyridine rings is 1. The Morgan fingerprint density at radius 2 is 2.24 bits per heavy atom. The van der Waals surface area contributed by atoms with Crippen molar-refractivity contribution >= 4 is 29.8 Å². The minimum atomic E-state index is -0.466. The first kappa shape index (κ1) is 19.4. The normalized spacial score (nSPS) is 26.0. The number of hydrogen-bond acceptors (Lipinski definition) is 6. The quantitative estimate of drug-likeness (QED) is 0.620. The first-order chi connectivity index (χ1) is 11.5. The van der Waals surface area contributed by atoms with E-state index in [4.69, 9.17) is 0 Å². The lowest BCUT2D eigenvalue weighted by atomic mass is 9.92. The van der Waals surface area contributed by atoms with Crippen LogP contribution in [-0.4, -0.2) is 52.4 Å². The van der Waals surface area contributed by atoms with Gasteiger partial charge in [-0.1, -0.05) is 0 Å². The fraction of sp³-hybridized carbons (Fsp3) is 0.625. The molecular formula is C16H24ClN5O3. The zero-order chi connectivity index (χ0) is 17.1. The number of carbonyl (C=O) groups excluding carboxylic acids is 1. The summed E-state index contributed by atoms with van der Waals surface area (Å²) in [5.41, 5.74) is -0.0243. The maximum Gasteiger partial charge on any atom is 0.287 e. The summed E-state index contributed by atoms with van der Waals surface area (Å²) in [7, 11) is 0. The van der Waals surface area contributed by atoms with Crippen LogP contribution in [0.4, 0.5) is 11.5 Å². The number of nitro groups is 1. The summed E-state index contributed by atoms with van der Waals surface area (Å²) in [5, 5.41) is 17.3. The van der Waals surface area contributed by atoms with Gasteiger partial charge in [0.2, 0.25) is 5.91 Å². The molecule has 0 bridgehead atoms. The van der Waals surface area contributed by atoms with Gasteiger partial charge in [0.1, 0.15) is 12.0 Å². The zero-order valence-corrected chi connectivity index (χ0v) is 15.0. The van der Waals surface area contributed by atoms with Crippen molar-refractivity contribution in [2.45, 2.75) is 38.3 Å². The summed E-state index contributed by atoms with van der Waals surface area (Å²) in [5.74, 6) is 0.984. The molecule has 2 saturated heterocycles. The number of nitrogens with zero attached hydrogens (tertiary/aromatic N) is 3. The van der Waals surface area contributed by atoms with Crippen LogP contribution < -0.4 is 10.6 Å². The van der Waals surface area contributed by atoms with E-state index in [9.17, 15) is 14.9 Å². The Bertz CT molecular complexity index is 612. The molecule has 1 amide bonds. The van der Waals surface area contributed by atoms with E-state index >= 15 is 0 Å². The summed E-state index contributed by atoms with van der Waals surface area (Å²) in [4.78, 5) is 28.8. The van der Waals surface area contributed by atoms with E-state index in [1.807, 2.05) is 4.90 Å². The lowest BCUT2D eigenvalue weighted by Crippen LogP contribution is -2.44. The number of halogens is 1. The number of anilines is 1. The molecule has 0 aliphatic carbocycles. The molecule has 1 unspecified atom stereocenters. The van der Waals surface area contributed by atoms with Gasteiger partial charge in [-0.05, 0) is 38.8 Å². The Kier molecular flexibility index (Phi) is 6.55. The van der Waals surface area contributed by atoms with Crippen molar-refractivity contribution in [1.29, 1.82) is 0 Å². The molecule has 2 aliphatic rings. The predicted molar refractivity (Wildman–Crippen MR) is 96.9 cm³/mol. The highest BCUT2D eigenvalue weighted by Gasteiger charge is 2.32. The highest BCUT2D eigenvalue weighted by atomic mass is 35.5. The van der Waals surface area contributed by atoms with Gasteiger partial charge in [0, 0.05) is 37.2 Å². The molecule has 3 heterocycles. The first-order valence-electron chi connectivity index (χ1n) is 8.42. The fourth-order valence-electron chi connectivity index (χ4n) is 3.48. The Morgan fingerprint density at radius 3 is 2.88 bits per heavy atom. The monoisotopic (exact) mass is 369 g/mol. The van der Waals surface area contributed by atoms with E-state index in [0.29, 0.717) is 18.4 Å². The summed E-state index contributed by atoms with van der Waals surface area (Å²) in [6, 6.07) is 3.58. The van der Waals surface area contributed by atoms with Gasteiger partial charge in [-0.15, -0.1) is 12.4 Å². The average molecular weight is 370 g/mol. The van der Waals surface area contributed by atoms with Gasteiger partial charge in [0.05, 0.1) is 4.92 Å². The minimum absolute atomic E-state index is 0. The van der Waals surface area contributed by atoms with Crippen LogP contribution in [0, 0.1) is 16.0 Å². The maximum absolute atomic E-state index is 12.6. The van der Waals surface area contributed by atoms with Crippen molar-refractivity contribution < 1.29 is 9.72 Å². The standard InChI is InChI=1S/C16H23N5O3.ClH/c1-11-8-12(4-6-17-11)16(22)20-7-5-13(10-20)19-15-3-2-14(9-18-15)21(23)24;/h2-3,9,11-13,17H,4-8,10H2,1H3,(H,18,19);1H/t11-,12-,13?;/m0./s1. The molecular weight excluding hydrogens is 346 g/mol. The summed E-state index contributed by atoms with van der Waals surface area (Å²) in [6.07, 6.45) is 3.92. The van der Waals surface area contributed by atoms with E-state index in [0.717, 1.165) is 32.4 Å². The predicted octanol–water partition coefficient (Wildman–Crippen LogP) is 1.81. The van der Waals surface area contributed by atoms with Crippen LogP contribution in [0.25, 0.3) is 0 Å². The highest BCUT2D eigenvalue weighted by molar-refractivity contribution is 5.85. The molecule has 1 aromatic heterocycles. The van der Waals surface area contributed by atoms with E-state index in [2.05, 4.69) is 22.5 Å². The zero-order valence-electron chi connectivity index (χ0n) is 14.2. The van der Waals surface area contributed by atoms with Crippen LogP contribution in [0.1, 0.15) is 26.2 Å². The molecule has 3 atom stereocenters. The van der Waals surface area contributed by atoms with Crippen LogP contribution in [0.5, 0.6) is 0 Å². The number of carbonyl (C=O) groups is 1. The Balaban J connectivity index is 0.00000225. The molecule has 25 heavy (non-hydrogen) atoms. The lowest BCUT2D eigenvalue weighted by Gasteiger charge is -2.30. The van der Waals surface area contributed by atoms with Crippen molar-refractivity contribution in [3.05, 3.63) is 28.4 Å². The van der Waals surface area contributed by atoms with E-state index in [-0.39, 0.29) is 36.0 Å². The fourth-order valence-corrected chi connectivity index (χ4v) is 3.48. The molecule has 2 N–H and O–H groups in total. The van der Waals surface area contributed by atoms with Crippen molar-refractivity contribution in [2.24, 2.45) is 5.92 Å². The second-order valence-corrected chi connectivity index (χ2v) is 6.65. The molecule has 2 aliphatic heterocycles.